The molecule has 1 aliphatic rings. The van der Waals surface area contributed by atoms with Crippen molar-refractivity contribution in [2.24, 2.45) is 4.99 Å². The molecule has 7 heteroatoms. The van der Waals surface area contributed by atoms with Crippen LogP contribution in [0.1, 0.15) is 22.2 Å². The molecule has 0 radical (unpaired) electrons. The van der Waals surface area contributed by atoms with Gasteiger partial charge in [0.25, 0.3) is 0 Å². The van der Waals surface area contributed by atoms with Crippen LogP contribution >= 0.6 is 11.3 Å². The molecule has 2 aromatic rings. The van der Waals surface area contributed by atoms with Crippen molar-refractivity contribution < 1.29 is 0 Å². The van der Waals surface area contributed by atoms with Gasteiger partial charge in [-0.15, -0.1) is 11.3 Å². The smallest absolute Gasteiger partial charge is 0.191 e. The first-order chi connectivity index (χ1) is 13.1. The van der Waals surface area contributed by atoms with Crippen molar-refractivity contribution in [3.8, 4) is 0 Å². The Balaban J connectivity index is 1.60. The van der Waals surface area contributed by atoms with Gasteiger partial charge in [-0.1, -0.05) is 0 Å². The highest BCUT2D eigenvalue weighted by atomic mass is 32.1. The van der Waals surface area contributed by atoms with Crippen molar-refractivity contribution in [3.63, 3.8) is 0 Å². The van der Waals surface area contributed by atoms with Crippen molar-refractivity contribution in [1.29, 1.82) is 0 Å². The molecular formula is C20H30N6S. The number of nitrogens with one attached hydrogen (secondary N) is 2. The summed E-state index contributed by atoms with van der Waals surface area (Å²) in [6, 6.07) is 8.54. The van der Waals surface area contributed by atoms with Gasteiger partial charge in [-0.25, -0.2) is 9.98 Å². The lowest BCUT2D eigenvalue weighted by Crippen LogP contribution is -2.44. The Bertz CT molecular complexity index is 748. The number of aromatic nitrogens is 1. The Morgan fingerprint density at radius 3 is 2.70 bits per heavy atom. The summed E-state index contributed by atoms with van der Waals surface area (Å²) in [7, 11) is 2.17. The minimum absolute atomic E-state index is 0.641. The van der Waals surface area contributed by atoms with Crippen LogP contribution in [0.15, 0.2) is 35.5 Å². The first-order valence-electron chi connectivity index (χ1n) is 9.60. The van der Waals surface area contributed by atoms with Crippen LogP contribution in [0.25, 0.3) is 0 Å². The Morgan fingerprint density at radius 1 is 1.19 bits per heavy atom. The Morgan fingerprint density at radius 2 is 2.00 bits per heavy atom. The summed E-state index contributed by atoms with van der Waals surface area (Å²) in [5, 5.41) is 6.75. The van der Waals surface area contributed by atoms with E-state index in [0.717, 1.165) is 51.0 Å². The predicted molar refractivity (Wildman–Crippen MR) is 115 cm³/mol. The molecule has 6 nitrogen and oxygen atoms in total. The Kier molecular flexibility index (Phi) is 7.06. The third-order valence-electron chi connectivity index (χ3n) is 4.63. The topological polar surface area (TPSA) is 55.8 Å². The van der Waals surface area contributed by atoms with E-state index in [1.54, 1.807) is 0 Å². The average Bonchev–Trinajstić information content (AvgIpc) is 3.10. The Hall–Kier alpha value is -2.12. The lowest BCUT2D eigenvalue weighted by molar-refractivity contribution is 0.312. The fourth-order valence-electron chi connectivity index (χ4n) is 3.03. The van der Waals surface area contributed by atoms with Crippen LogP contribution in [0.5, 0.6) is 0 Å². The van der Waals surface area contributed by atoms with Gasteiger partial charge in [0.05, 0.1) is 13.1 Å². The molecule has 1 aliphatic heterocycles. The molecule has 0 amide bonds. The number of anilines is 1. The van der Waals surface area contributed by atoms with E-state index in [0.29, 0.717) is 6.54 Å². The van der Waals surface area contributed by atoms with Gasteiger partial charge < -0.3 is 20.4 Å². The normalized spacial score (nSPS) is 15.8. The van der Waals surface area contributed by atoms with Crippen LogP contribution in [0.3, 0.4) is 0 Å². The van der Waals surface area contributed by atoms with Gasteiger partial charge in [0.1, 0.15) is 5.82 Å². The highest BCUT2D eigenvalue weighted by Crippen LogP contribution is 2.16. The number of aryl methyl sites for hydroxylation is 1. The summed E-state index contributed by atoms with van der Waals surface area (Å²) < 4.78 is 0. The maximum Gasteiger partial charge on any atom is 0.191 e. The lowest BCUT2D eigenvalue weighted by atomic mass is 10.2. The number of rotatable bonds is 6. The van der Waals surface area contributed by atoms with E-state index in [1.807, 2.05) is 17.5 Å². The highest BCUT2D eigenvalue weighted by molar-refractivity contribution is 7.11. The molecule has 0 aliphatic carbocycles. The first-order valence-corrected chi connectivity index (χ1v) is 10.4. The van der Waals surface area contributed by atoms with E-state index in [9.17, 15) is 0 Å². The number of likely N-dealkylation sites (N-methyl/N-ethyl adjacent to an activating group) is 1. The number of piperazine rings is 1. The number of pyridine rings is 1. The van der Waals surface area contributed by atoms with Crippen LogP contribution in [0, 0.1) is 6.92 Å². The largest absolute Gasteiger partial charge is 0.357 e. The number of hydrogen-bond donors (Lipinski definition) is 2. The molecule has 2 N–H and O–H groups in total. The predicted octanol–water partition coefficient (Wildman–Crippen LogP) is 2.46. The third-order valence-corrected chi connectivity index (χ3v) is 5.63. The molecule has 146 valence electrons. The van der Waals surface area contributed by atoms with E-state index in [4.69, 9.17) is 4.99 Å². The summed E-state index contributed by atoms with van der Waals surface area (Å²) in [6.45, 7) is 10.7. The maximum atomic E-state index is 4.75. The molecule has 1 fully saturated rings. The monoisotopic (exact) mass is 386 g/mol. The molecule has 0 aromatic carbocycles. The molecule has 3 heterocycles. The lowest BCUT2D eigenvalue weighted by Gasteiger charge is -2.33. The molecule has 0 unspecified atom stereocenters. The maximum absolute atomic E-state index is 4.75. The molecule has 0 saturated carbocycles. The van der Waals surface area contributed by atoms with E-state index >= 15 is 0 Å². The molecule has 3 rings (SSSR count). The first kappa shape index (κ1) is 19.6. The fraction of sp³-hybridized carbons (Fsp3) is 0.500. The second-order valence-corrected chi connectivity index (χ2v) is 8.25. The van der Waals surface area contributed by atoms with Gasteiger partial charge in [-0.2, -0.15) is 0 Å². The van der Waals surface area contributed by atoms with E-state index in [-0.39, 0.29) is 0 Å². The zero-order chi connectivity index (χ0) is 19.1. The highest BCUT2D eigenvalue weighted by Gasteiger charge is 2.15. The van der Waals surface area contributed by atoms with Gasteiger partial charge in [0, 0.05) is 48.7 Å². The average molecular weight is 387 g/mol. The quantitative estimate of drug-likeness (QED) is 0.590. The standard InChI is InChI=1S/C20H30N6S/c1-4-21-20(24-15-18-6-5-16(2)27-18)23-14-17-7-8-22-19(13-17)26-11-9-25(3)10-12-26/h5-8,13H,4,9-12,14-15H2,1-3H3,(H2,21,23,24). The second kappa shape index (κ2) is 9.71. The zero-order valence-corrected chi connectivity index (χ0v) is 17.4. The fourth-order valence-corrected chi connectivity index (χ4v) is 3.86. The van der Waals surface area contributed by atoms with Crippen LogP contribution in [0.2, 0.25) is 0 Å². The van der Waals surface area contributed by atoms with Crippen molar-refractivity contribution in [2.45, 2.75) is 26.9 Å². The van der Waals surface area contributed by atoms with Gasteiger partial charge >= 0.3 is 0 Å². The minimum atomic E-state index is 0.641. The summed E-state index contributed by atoms with van der Waals surface area (Å²) in [6.07, 6.45) is 1.90. The summed E-state index contributed by atoms with van der Waals surface area (Å²) in [4.78, 5) is 16.7. The van der Waals surface area contributed by atoms with Gasteiger partial charge in [0.15, 0.2) is 5.96 Å². The molecule has 0 atom stereocenters. The summed E-state index contributed by atoms with van der Waals surface area (Å²) in [5.41, 5.74) is 1.18. The zero-order valence-electron chi connectivity index (χ0n) is 16.5. The van der Waals surface area contributed by atoms with E-state index in [1.165, 1.54) is 15.3 Å². The van der Waals surface area contributed by atoms with Gasteiger partial charge in [-0.05, 0) is 50.7 Å². The van der Waals surface area contributed by atoms with Crippen LogP contribution in [-0.2, 0) is 13.1 Å². The minimum Gasteiger partial charge on any atom is -0.357 e. The van der Waals surface area contributed by atoms with Crippen LogP contribution < -0.4 is 15.5 Å². The van der Waals surface area contributed by atoms with Crippen molar-refractivity contribution >= 4 is 23.1 Å². The number of thiophene rings is 1. The van der Waals surface area contributed by atoms with Crippen molar-refractivity contribution in [1.82, 2.24) is 20.5 Å². The van der Waals surface area contributed by atoms with Gasteiger partial charge in [-0.3, -0.25) is 0 Å². The molecule has 27 heavy (non-hydrogen) atoms. The number of aliphatic imine (C=N–C) groups is 1. The second-order valence-electron chi connectivity index (χ2n) is 6.87. The van der Waals surface area contributed by atoms with E-state index < -0.39 is 0 Å². The number of nitrogens with zero attached hydrogens (tertiary/aromatic N) is 4. The third kappa shape index (κ3) is 5.94. The SMILES string of the molecule is CCNC(=NCc1ccnc(N2CCN(C)CC2)c1)NCc1ccc(C)s1. The molecule has 0 bridgehead atoms. The summed E-state index contributed by atoms with van der Waals surface area (Å²) in [5.74, 6) is 1.91. The van der Waals surface area contributed by atoms with Crippen molar-refractivity contribution in [2.75, 3.05) is 44.7 Å². The number of hydrogen-bond acceptors (Lipinski definition) is 5. The Labute approximate surface area is 166 Å². The molecule has 2 aromatic heterocycles. The molecule has 1 saturated heterocycles. The van der Waals surface area contributed by atoms with Crippen molar-refractivity contribution in [3.05, 3.63) is 45.8 Å². The van der Waals surface area contributed by atoms with Crippen LogP contribution in [-0.4, -0.2) is 55.6 Å². The van der Waals surface area contributed by atoms with Gasteiger partial charge in [0.2, 0.25) is 0 Å². The summed E-state index contributed by atoms with van der Waals surface area (Å²) >= 11 is 1.82. The molecule has 0 spiro atoms. The number of guanidine groups is 1. The van der Waals surface area contributed by atoms with Crippen LogP contribution in [0.4, 0.5) is 5.82 Å². The molecular weight excluding hydrogens is 356 g/mol. The van der Waals surface area contributed by atoms with E-state index in [2.05, 4.69) is 70.6 Å².